The number of hydrogen-bond acceptors (Lipinski definition) is 9. The summed E-state index contributed by atoms with van der Waals surface area (Å²) >= 11 is 0. The summed E-state index contributed by atoms with van der Waals surface area (Å²) in [5, 5.41) is 46.8. The summed E-state index contributed by atoms with van der Waals surface area (Å²) in [5.41, 5.74) is 5.09. The van der Waals surface area contributed by atoms with Crippen LogP contribution in [0.1, 0.15) is 22.3 Å². The maximum absolute atomic E-state index is 14.0. The Bertz CT molecular complexity index is 1810. The molecule has 43 heavy (non-hydrogen) atoms. The third-order valence-corrected chi connectivity index (χ3v) is 9.24. The lowest BCUT2D eigenvalue weighted by Gasteiger charge is -2.50. The zero-order valence-corrected chi connectivity index (χ0v) is 24.3. The van der Waals surface area contributed by atoms with Gasteiger partial charge in [0.15, 0.2) is 11.4 Å². The smallest absolute Gasteiger partial charge is 0.255 e. The second-order valence-electron chi connectivity index (χ2n) is 12.1. The highest BCUT2D eigenvalue weighted by molar-refractivity contribution is 6.25. The maximum atomic E-state index is 14.0. The number of carbonyl (C=O) groups is 3. The molecule has 10 heteroatoms. The van der Waals surface area contributed by atoms with Crippen LogP contribution in [-0.2, 0) is 16.0 Å². The molecule has 0 fully saturated rings. The number of rotatable bonds is 4. The number of primary amides is 1. The number of hydrogen-bond donors (Lipinski definition) is 5. The Hall–Kier alpha value is -4.67. The van der Waals surface area contributed by atoms with E-state index in [1.165, 1.54) is 4.90 Å². The minimum Gasteiger partial charge on any atom is -0.510 e. The first-order valence-electron chi connectivity index (χ1n) is 14.0. The fraction of sp³-hybridized carbons (Fsp3) is 0.303. The van der Waals surface area contributed by atoms with Gasteiger partial charge < -0.3 is 31.1 Å². The molecule has 0 saturated carbocycles. The van der Waals surface area contributed by atoms with Gasteiger partial charge in [-0.15, -0.1) is 0 Å². The van der Waals surface area contributed by atoms with E-state index in [0.717, 1.165) is 22.2 Å². The molecule has 3 aliphatic carbocycles. The van der Waals surface area contributed by atoms with Crippen molar-refractivity contribution in [2.24, 2.45) is 17.6 Å². The van der Waals surface area contributed by atoms with Crippen LogP contribution in [0.5, 0.6) is 5.75 Å². The largest absolute Gasteiger partial charge is 0.510 e. The number of carbonyl (C=O) groups excluding carboxylic acids is 3. The first-order valence-corrected chi connectivity index (χ1v) is 14.0. The maximum Gasteiger partial charge on any atom is 0.255 e. The van der Waals surface area contributed by atoms with Gasteiger partial charge in [0.25, 0.3) is 5.91 Å². The number of anilines is 1. The van der Waals surface area contributed by atoms with E-state index in [1.54, 1.807) is 20.2 Å². The molecule has 10 nitrogen and oxygen atoms in total. The van der Waals surface area contributed by atoms with Gasteiger partial charge in [0, 0.05) is 36.7 Å². The van der Waals surface area contributed by atoms with Crippen LogP contribution in [0.25, 0.3) is 21.9 Å². The fourth-order valence-corrected chi connectivity index (χ4v) is 7.15. The molecule has 0 heterocycles. The lowest BCUT2D eigenvalue weighted by atomic mass is 9.58. The van der Waals surface area contributed by atoms with Crippen molar-refractivity contribution in [3.63, 3.8) is 0 Å². The number of likely N-dealkylation sites (N-methyl/N-ethyl adjacent to an activating group) is 1. The number of nitrogens with zero attached hydrogens (tertiary/aromatic N) is 2. The van der Waals surface area contributed by atoms with Gasteiger partial charge >= 0.3 is 0 Å². The summed E-state index contributed by atoms with van der Waals surface area (Å²) in [7, 11) is 7.10. The normalized spacial score (nSPS) is 25.1. The highest BCUT2D eigenvalue weighted by Crippen LogP contribution is 2.52. The van der Waals surface area contributed by atoms with E-state index in [0.29, 0.717) is 10.9 Å². The first kappa shape index (κ1) is 28.4. The average molecular weight is 584 g/mol. The highest BCUT2D eigenvalue weighted by Gasteiger charge is 2.63. The van der Waals surface area contributed by atoms with Crippen molar-refractivity contribution in [3.05, 3.63) is 82.3 Å². The van der Waals surface area contributed by atoms with E-state index in [9.17, 15) is 34.8 Å². The summed E-state index contributed by atoms with van der Waals surface area (Å²) < 4.78 is 0. The Morgan fingerprint density at radius 2 is 1.60 bits per heavy atom. The number of ketones is 2. The van der Waals surface area contributed by atoms with E-state index in [1.807, 2.05) is 61.5 Å². The van der Waals surface area contributed by atoms with E-state index >= 15 is 0 Å². The highest BCUT2D eigenvalue weighted by atomic mass is 16.3. The van der Waals surface area contributed by atoms with E-state index in [4.69, 9.17) is 5.73 Å². The van der Waals surface area contributed by atoms with Crippen LogP contribution in [-0.4, -0.2) is 82.6 Å². The van der Waals surface area contributed by atoms with Crippen molar-refractivity contribution < 1.29 is 34.8 Å². The van der Waals surface area contributed by atoms with Gasteiger partial charge in [0.1, 0.15) is 22.8 Å². The van der Waals surface area contributed by atoms with E-state index in [2.05, 4.69) is 0 Å². The molecule has 3 aliphatic rings. The zero-order valence-electron chi connectivity index (χ0n) is 24.3. The number of phenols is 1. The molecule has 1 amide bonds. The topological polar surface area (TPSA) is 165 Å². The summed E-state index contributed by atoms with van der Waals surface area (Å²) in [6.45, 7) is 0. The summed E-state index contributed by atoms with van der Waals surface area (Å²) in [6, 6.07) is 14.4. The van der Waals surface area contributed by atoms with Crippen molar-refractivity contribution in [2.75, 3.05) is 33.1 Å². The molecule has 0 spiro atoms. The molecule has 4 atom stereocenters. The first-order chi connectivity index (χ1) is 20.3. The quantitative estimate of drug-likeness (QED) is 0.290. The number of nitrogens with two attached hydrogens (primary N) is 1. The van der Waals surface area contributed by atoms with Crippen molar-refractivity contribution in [1.29, 1.82) is 0 Å². The lowest BCUT2D eigenvalue weighted by molar-refractivity contribution is -0.148. The molecule has 6 rings (SSSR count). The summed E-state index contributed by atoms with van der Waals surface area (Å²) in [6.07, 6.45) is 0.290. The van der Waals surface area contributed by atoms with Gasteiger partial charge in [-0.3, -0.25) is 19.3 Å². The monoisotopic (exact) mass is 583 g/mol. The molecular weight excluding hydrogens is 550 g/mol. The molecule has 0 radical (unpaired) electrons. The van der Waals surface area contributed by atoms with Gasteiger partial charge in [0.05, 0.1) is 11.6 Å². The molecule has 3 aromatic carbocycles. The number of allylic oxidation sites excluding steroid dienone is 1. The van der Waals surface area contributed by atoms with Gasteiger partial charge in [-0.2, -0.15) is 0 Å². The fourth-order valence-electron chi connectivity index (χ4n) is 7.15. The molecule has 222 valence electrons. The molecule has 0 aromatic heterocycles. The van der Waals surface area contributed by atoms with Crippen molar-refractivity contribution in [2.45, 2.75) is 24.5 Å². The third-order valence-electron chi connectivity index (χ3n) is 9.24. The van der Waals surface area contributed by atoms with Gasteiger partial charge in [0.2, 0.25) is 5.78 Å². The number of aromatic hydroxyl groups is 1. The third kappa shape index (κ3) is 3.97. The van der Waals surface area contributed by atoms with Crippen LogP contribution in [0.2, 0.25) is 0 Å². The Morgan fingerprint density at radius 3 is 2.21 bits per heavy atom. The number of phenolic OH excluding ortho intramolecular Hbond substituents is 1. The molecular formula is C33H33N3O7. The van der Waals surface area contributed by atoms with Crippen LogP contribution in [0, 0.1) is 11.8 Å². The zero-order chi connectivity index (χ0) is 31.1. The SMILES string of the molecule is CN(C)c1ccc(-c2ccc3cc4c(c(O)c3c2)C(=O)C2=C(O)[C@]3(O)C(=O)C(C(N)=O)=C(O)[C@@H](N(C)C)[C@@H]3C[C@@H]2C4)cc1. The van der Waals surface area contributed by atoms with Crippen molar-refractivity contribution in [3.8, 4) is 16.9 Å². The van der Waals surface area contributed by atoms with Gasteiger partial charge in [-0.1, -0.05) is 30.3 Å². The molecule has 0 saturated heterocycles. The Morgan fingerprint density at radius 1 is 0.953 bits per heavy atom. The number of aliphatic hydroxyl groups excluding tert-OH is 2. The molecule has 6 N–H and O–H groups in total. The van der Waals surface area contributed by atoms with Crippen LogP contribution in [0.3, 0.4) is 0 Å². The van der Waals surface area contributed by atoms with Crippen LogP contribution in [0.4, 0.5) is 5.69 Å². The second kappa shape index (κ2) is 9.68. The number of aliphatic hydroxyl groups is 3. The Labute approximate surface area is 247 Å². The molecule has 0 aliphatic heterocycles. The minimum atomic E-state index is -2.66. The van der Waals surface area contributed by atoms with Crippen LogP contribution < -0.4 is 10.6 Å². The lowest BCUT2D eigenvalue weighted by Crippen LogP contribution is -2.63. The standard InChI is InChI=1S/C33H33N3O7/c1-35(2)20-9-7-15(8-10-20)16-5-6-17-11-18-12-19-14-22-26(36(3)4)29(39)25(32(34)42)31(41)33(22,43)30(40)24(19)28(38)23(18)27(37)21(17)13-16/h5-11,13,19,22,26,37,39-40,43H,12,14H2,1-4H3,(H2,34,42)/t19-,22-,26-,33-/m0/s1. The number of benzene rings is 3. The predicted molar refractivity (Wildman–Crippen MR) is 161 cm³/mol. The van der Waals surface area contributed by atoms with Gasteiger partial charge in [-0.05, 0) is 73.1 Å². The van der Waals surface area contributed by atoms with Crippen molar-refractivity contribution >= 4 is 33.9 Å². The number of fused-ring (bicyclic) bond motifs is 4. The summed E-state index contributed by atoms with van der Waals surface area (Å²) in [4.78, 5) is 43.2. The van der Waals surface area contributed by atoms with E-state index in [-0.39, 0.29) is 29.7 Å². The van der Waals surface area contributed by atoms with Crippen molar-refractivity contribution in [1.82, 2.24) is 4.90 Å². The van der Waals surface area contributed by atoms with Crippen LogP contribution in [0.15, 0.2) is 71.2 Å². The Kier molecular flexibility index (Phi) is 6.41. The van der Waals surface area contributed by atoms with Gasteiger partial charge in [-0.25, -0.2) is 0 Å². The number of amides is 1. The Balaban J connectivity index is 1.49. The molecule has 0 unspecified atom stereocenters. The molecule has 0 bridgehead atoms. The van der Waals surface area contributed by atoms with Crippen LogP contribution >= 0.6 is 0 Å². The second-order valence-corrected chi connectivity index (χ2v) is 12.1. The predicted octanol–water partition coefficient (Wildman–Crippen LogP) is 3.01. The van der Waals surface area contributed by atoms with E-state index < -0.39 is 58.0 Å². The minimum absolute atomic E-state index is 0.00612. The number of Topliss-reactive ketones (excluding diaryl/α,β-unsaturated/α-hetero) is 2. The average Bonchev–Trinajstić information content (AvgIpc) is 2.94. The molecule has 3 aromatic rings. The summed E-state index contributed by atoms with van der Waals surface area (Å²) in [5.74, 6) is -6.61.